The summed E-state index contributed by atoms with van der Waals surface area (Å²) in [6.45, 7) is 2.01. The highest BCUT2D eigenvalue weighted by molar-refractivity contribution is 5.72. The Morgan fingerprint density at radius 1 is 1.25 bits per heavy atom. The molecule has 0 radical (unpaired) electrons. The van der Waals surface area contributed by atoms with Crippen LogP contribution >= 0.6 is 0 Å². The number of hydrogen-bond donors (Lipinski definition) is 3. The molecule has 1 aliphatic rings. The number of ether oxygens (including phenoxy) is 1. The van der Waals surface area contributed by atoms with Crippen LogP contribution in [0.5, 0.6) is 5.75 Å². The monoisotopic (exact) mass is 375 g/mol. The van der Waals surface area contributed by atoms with Crippen molar-refractivity contribution in [2.24, 2.45) is 0 Å². The van der Waals surface area contributed by atoms with Crippen molar-refractivity contribution in [1.82, 2.24) is 29.9 Å². The average Bonchev–Trinajstić information content (AvgIpc) is 3.48. The first-order chi connectivity index (χ1) is 13.8. The molecule has 4 aromatic rings. The zero-order valence-electron chi connectivity index (χ0n) is 15.5. The molecule has 142 valence electrons. The molecule has 1 aliphatic heterocycles. The number of nitrogens with zero attached hydrogens (tertiary/aromatic N) is 4. The maximum atomic E-state index is 5.57. The van der Waals surface area contributed by atoms with Gasteiger partial charge < -0.3 is 15.4 Å². The van der Waals surface area contributed by atoms with Gasteiger partial charge in [-0.15, -0.1) is 0 Å². The first kappa shape index (κ1) is 16.8. The molecule has 8 nitrogen and oxygen atoms in total. The Hall–Kier alpha value is -3.39. The number of H-pyrrole nitrogens is 1. The molecule has 28 heavy (non-hydrogen) atoms. The lowest BCUT2D eigenvalue weighted by Crippen LogP contribution is -2.22. The van der Waals surface area contributed by atoms with E-state index in [0.717, 1.165) is 53.5 Å². The molecule has 0 aliphatic carbocycles. The van der Waals surface area contributed by atoms with Crippen LogP contribution < -0.4 is 15.4 Å². The predicted octanol–water partition coefficient (Wildman–Crippen LogP) is 2.57. The number of hydrogen-bond acceptors (Lipinski definition) is 6. The topological polar surface area (TPSA) is 92.2 Å². The lowest BCUT2D eigenvalue weighted by molar-refractivity contribution is 0.417. The van der Waals surface area contributed by atoms with Crippen LogP contribution in [0.2, 0.25) is 0 Å². The van der Waals surface area contributed by atoms with Crippen LogP contribution in [0.4, 0.5) is 5.82 Å². The van der Waals surface area contributed by atoms with Gasteiger partial charge in [0.15, 0.2) is 11.4 Å². The fraction of sp³-hybridized carbons (Fsp3) is 0.250. The molecule has 1 atom stereocenters. The first-order valence-electron chi connectivity index (χ1n) is 9.31. The minimum absolute atomic E-state index is 0.415. The minimum Gasteiger partial charge on any atom is -0.493 e. The maximum Gasteiger partial charge on any atom is 0.180 e. The van der Waals surface area contributed by atoms with Gasteiger partial charge in [0.25, 0.3) is 0 Å². The molecule has 0 spiro atoms. The van der Waals surface area contributed by atoms with Gasteiger partial charge in [0, 0.05) is 36.1 Å². The van der Waals surface area contributed by atoms with Crippen molar-refractivity contribution < 1.29 is 4.74 Å². The molecule has 0 amide bonds. The first-order valence-corrected chi connectivity index (χ1v) is 9.31. The molecule has 3 N–H and O–H groups in total. The van der Waals surface area contributed by atoms with E-state index in [2.05, 4.69) is 25.8 Å². The zero-order valence-corrected chi connectivity index (χ0v) is 15.5. The molecule has 5 heterocycles. The van der Waals surface area contributed by atoms with Crippen LogP contribution in [0.25, 0.3) is 28.2 Å². The number of nitrogens with one attached hydrogen (secondary N) is 3. The average molecular weight is 375 g/mol. The highest BCUT2D eigenvalue weighted by Crippen LogP contribution is 2.30. The van der Waals surface area contributed by atoms with E-state index in [-0.39, 0.29) is 0 Å². The predicted molar refractivity (Wildman–Crippen MR) is 107 cm³/mol. The SMILES string of the molecule is COc1cc(-c2cn[nH]c2)cn2c(-c3cccc(NC4CCNC4)n3)cnc12. The number of methoxy groups -OCH3 is 1. The van der Waals surface area contributed by atoms with E-state index in [1.165, 1.54) is 0 Å². The van der Waals surface area contributed by atoms with Crippen molar-refractivity contribution >= 4 is 11.5 Å². The third-order valence-electron chi connectivity index (χ3n) is 5.05. The Kier molecular flexibility index (Phi) is 4.17. The summed E-state index contributed by atoms with van der Waals surface area (Å²) >= 11 is 0. The molecule has 1 fully saturated rings. The van der Waals surface area contributed by atoms with Gasteiger partial charge in [0.05, 0.1) is 30.9 Å². The largest absolute Gasteiger partial charge is 0.493 e. The molecular formula is C20H21N7O. The molecule has 0 saturated carbocycles. The van der Waals surface area contributed by atoms with Gasteiger partial charge in [-0.1, -0.05) is 6.07 Å². The lowest BCUT2D eigenvalue weighted by atomic mass is 10.1. The van der Waals surface area contributed by atoms with Crippen molar-refractivity contribution in [2.45, 2.75) is 12.5 Å². The fourth-order valence-corrected chi connectivity index (χ4v) is 3.61. The van der Waals surface area contributed by atoms with E-state index >= 15 is 0 Å². The summed E-state index contributed by atoms with van der Waals surface area (Å²) in [5.41, 5.74) is 4.49. The van der Waals surface area contributed by atoms with Crippen molar-refractivity contribution in [3.05, 3.63) is 49.1 Å². The van der Waals surface area contributed by atoms with Gasteiger partial charge in [-0.3, -0.25) is 9.50 Å². The number of anilines is 1. The molecule has 4 aromatic heterocycles. The van der Waals surface area contributed by atoms with Crippen molar-refractivity contribution in [1.29, 1.82) is 0 Å². The molecule has 1 unspecified atom stereocenters. The van der Waals surface area contributed by atoms with Gasteiger partial charge >= 0.3 is 0 Å². The van der Waals surface area contributed by atoms with E-state index in [1.807, 2.05) is 47.3 Å². The van der Waals surface area contributed by atoms with Crippen molar-refractivity contribution in [3.63, 3.8) is 0 Å². The highest BCUT2D eigenvalue weighted by Gasteiger charge is 2.16. The number of fused-ring (bicyclic) bond motifs is 1. The van der Waals surface area contributed by atoms with Crippen LogP contribution in [0.3, 0.4) is 0 Å². The molecule has 0 bridgehead atoms. The molecular weight excluding hydrogens is 354 g/mol. The Morgan fingerprint density at radius 2 is 2.21 bits per heavy atom. The van der Waals surface area contributed by atoms with Gasteiger partial charge in [-0.2, -0.15) is 5.10 Å². The van der Waals surface area contributed by atoms with E-state index in [1.54, 1.807) is 13.3 Å². The van der Waals surface area contributed by atoms with E-state index < -0.39 is 0 Å². The Balaban J connectivity index is 1.58. The summed E-state index contributed by atoms with van der Waals surface area (Å²) in [4.78, 5) is 9.38. The third-order valence-corrected chi connectivity index (χ3v) is 5.05. The summed E-state index contributed by atoms with van der Waals surface area (Å²) in [6.07, 6.45) is 8.62. The smallest absolute Gasteiger partial charge is 0.180 e. The Bertz CT molecular complexity index is 1100. The van der Waals surface area contributed by atoms with Gasteiger partial charge in [0.2, 0.25) is 0 Å². The molecule has 0 aromatic carbocycles. The lowest BCUT2D eigenvalue weighted by Gasteiger charge is -2.13. The highest BCUT2D eigenvalue weighted by atomic mass is 16.5. The van der Waals surface area contributed by atoms with Crippen LogP contribution in [0.15, 0.2) is 49.1 Å². The third kappa shape index (κ3) is 2.97. The van der Waals surface area contributed by atoms with Crippen LogP contribution in [0.1, 0.15) is 6.42 Å². The summed E-state index contributed by atoms with van der Waals surface area (Å²) in [5.74, 6) is 1.58. The molecule has 8 heteroatoms. The number of aromatic amines is 1. The van der Waals surface area contributed by atoms with Crippen LogP contribution in [0, 0.1) is 0 Å². The fourth-order valence-electron chi connectivity index (χ4n) is 3.61. The number of pyridine rings is 2. The Labute approximate surface area is 162 Å². The Morgan fingerprint density at radius 3 is 3.00 bits per heavy atom. The summed E-state index contributed by atoms with van der Waals surface area (Å²) in [5, 5.41) is 13.8. The van der Waals surface area contributed by atoms with Gasteiger partial charge in [-0.25, -0.2) is 9.97 Å². The number of rotatable bonds is 5. The number of aromatic nitrogens is 5. The standard InChI is InChI=1S/C20H21N7O/c1-28-18-7-13(14-8-23-24-9-14)12-27-17(11-22-20(18)27)16-3-2-4-19(26-16)25-15-5-6-21-10-15/h2-4,7-9,11-12,15,21H,5-6,10H2,1H3,(H,23,24)(H,25,26). The second-order valence-electron chi connectivity index (χ2n) is 6.86. The zero-order chi connectivity index (χ0) is 18.9. The van der Waals surface area contributed by atoms with E-state index in [0.29, 0.717) is 11.8 Å². The second-order valence-corrected chi connectivity index (χ2v) is 6.86. The normalized spacial score (nSPS) is 16.5. The molecule has 5 rings (SSSR count). The summed E-state index contributed by atoms with van der Waals surface area (Å²) < 4.78 is 7.59. The number of imidazole rings is 1. The maximum absolute atomic E-state index is 5.57. The molecule has 1 saturated heterocycles. The summed E-state index contributed by atoms with van der Waals surface area (Å²) in [6, 6.07) is 8.40. The van der Waals surface area contributed by atoms with Gasteiger partial charge in [0.1, 0.15) is 5.82 Å². The van der Waals surface area contributed by atoms with E-state index in [4.69, 9.17) is 9.72 Å². The van der Waals surface area contributed by atoms with Gasteiger partial charge in [-0.05, 0) is 31.2 Å². The second kappa shape index (κ2) is 6.97. The quantitative estimate of drug-likeness (QED) is 0.497. The minimum atomic E-state index is 0.415. The summed E-state index contributed by atoms with van der Waals surface area (Å²) in [7, 11) is 1.65. The van der Waals surface area contributed by atoms with Crippen LogP contribution in [-0.2, 0) is 0 Å². The van der Waals surface area contributed by atoms with E-state index in [9.17, 15) is 0 Å². The van der Waals surface area contributed by atoms with Crippen molar-refractivity contribution in [2.75, 3.05) is 25.5 Å². The van der Waals surface area contributed by atoms with Crippen molar-refractivity contribution in [3.8, 4) is 28.3 Å². The van der Waals surface area contributed by atoms with Crippen LogP contribution in [-0.4, -0.2) is 50.8 Å².